The van der Waals surface area contributed by atoms with E-state index in [2.05, 4.69) is 16.8 Å². The van der Waals surface area contributed by atoms with E-state index in [1.165, 1.54) is 12.1 Å². The Bertz CT molecular complexity index is 504. The number of anilines is 1. The molecule has 1 aromatic rings. The molecule has 0 spiro atoms. The van der Waals surface area contributed by atoms with Crippen LogP contribution in [0.5, 0.6) is 0 Å². The van der Waals surface area contributed by atoms with Gasteiger partial charge in [-0.05, 0) is 18.1 Å². The molecule has 0 saturated carbocycles. The predicted octanol–water partition coefficient (Wildman–Crippen LogP) is 1.71. The van der Waals surface area contributed by atoms with E-state index in [9.17, 15) is 18.0 Å². The summed E-state index contributed by atoms with van der Waals surface area (Å²) in [6.07, 6.45) is -5.84. The van der Waals surface area contributed by atoms with E-state index in [0.29, 0.717) is 5.69 Å². The number of aliphatic hydroxyl groups excluding tert-OH is 1. The minimum atomic E-state index is -4.55. The third kappa shape index (κ3) is 6.43. The van der Waals surface area contributed by atoms with Crippen LogP contribution < -0.4 is 5.32 Å². The molecule has 0 aliphatic heterocycles. The first-order chi connectivity index (χ1) is 8.90. The second-order valence-electron chi connectivity index (χ2n) is 3.52. The van der Waals surface area contributed by atoms with E-state index >= 15 is 0 Å². The lowest BCUT2D eigenvalue weighted by molar-refractivity contribution is -0.150. The molecule has 0 saturated heterocycles. The molecule has 0 atom stereocenters. The fourth-order valence-corrected chi connectivity index (χ4v) is 1.15. The van der Waals surface area contributed by atoms with E-state index in [1.807, 2.05) is 5.32 Å². The summed E-state index contributed by atoms with van der Waals surface area (Å²) in [6, 6.07) is 4.43. The normalized spacial score (nSPS) is 10.5. The van der Waals surface area contributed by atoms with Crippen molar-refractivity contribution < 1.29 is 23.1 Å². The summed E-state index contributed by atoms with van der Waals surface area (Å²) in [7, 11) is 0. The molecule has 0 aliphatic rings. The number of nitrogens with zero attached hydrogens (tertiary/aromatic N) is 1. The van der Waals surface area contributed by atoms with Crippen LogP contribution >= 0.6 is 0 Å². The number of hydrogen-bond acceptors (Lipinski definition) is 3. The Labute approximate surface area is 107 Å². The molecule has 19 heavy (non-hydrogen) atoms. The molecular weight excluding hydrogens is 261 g/mol. The average molecular weight is 272 g/mol. The molecule has 0 aromatic carbocycles. The maximum atomic E-state index is 12.0. The number of aromatic nitrogens is 1. The summed E-state index contributed by atoms with van der Waals surface area (Å²) < 4.78 is 35.9. The van der Waals surface area contributed by atoms with Crippen molar-refractivity contribution in [2.45, 2.75) is 19.0 Å². The Kier molecular flexibility index (Phi) is 5.33. The van der Waals surface area contributed by atoms with Crippen molar-refractivity contribution in [3.8, 4) is 11.8 Å². The van der Waals surface area contributed by atoms with Crippen molar-refractivity contribution in [2.75, 3.05) is 11.9 Å². The summed E-state index contributed by atoms with van der Waals surface area (Å²) in [5, 5.41) is 10.6. The molecule has 1 amide bonds. The summed E-state index contributed by atoms with van der Waals surface area (Å²) in [6.45, 7) is -0.0883. The van der Waals surface area contributed by atoms with Crippen molar-refractivity contribution in [3.63, 3.8) is 0 Å². The minimum Gasteiger partial charge on any atom is -0.395 e. The topological polar surface area (TPSA) is 62.2 Å². The van der Waals surface area contributed by atoms with Crippen LogP contribution in [0.15, 0.2) is 18.2 Å². The van der Waals surface area contributed by atoms with Crippen LogP contribution in [0, 0.1) is 11.8 Å². The first-order valence-electron chi connectivity index (χ1n) is 5.34. The number of carbonyl (C=O) groups excluding carboxylic acids is 1. The van der Waals surface area contributed by atoms with Gasteiger partial charge >= 0.3 is 6.18 Å². The first kappa shape index (κ1) is 15.0. The second-order valence-corrected chi connectivity index (χ2v) is 3.52. The summed E-state index contributed by atoms with van der Waals surface area (Å²) in [4.78, 5) is 14.9. The molecule has 1 heterocycles. The zero-order valence-corrected chi connectivity index (χ0v) is 9.79. The first-order valence-corrected chi connectivity index (χ1v) is 5.34. The Morgan fingerprint density at radius 2 is 2.16 bits per heavy atom. The van der Waals surface area contributed by atoms with Crippen LogP contribution in [-0.4, -0.2) is 28.8 Å². The van der Waals surface area contributed by atoms with Gasteiger partial charge in [-0.15, -0.1) is 0 Å². The molecule has 4 nitrogen and oxygen atoms in total. The molecule has 0 radical (unpaired) electrons. The Balaban J connectivity index is 2.68. The molecular formula is C12H11F3N2O2. The smallest absolute Gasteiger partial charge is 0.395 e. The SMILES string of the molecule is O=C(CC(F)(F)F)Nc1cccc(C#CCCO)n1. The van der Waals surface area contributed by atoms with Crippen molar-refractivity contribution in [1.82, 2.24) is 4.98 Å². The standard InChI is InChI=1S/C12H11F3N2O2/c13-12(14,15)8-11(19)17-10-6-3-5-9(16-10)4-1-2-7-18/h3,5-6,18H,2,7-8H2,(H,16,17,19). The number of rotatable bonds is 3. The Hall–Kier alpha value is -2.07. The van der Waals surface area contributed by atoms with Gasteiger partial charge in [0.1, 0.15) is 17.9 Å². The number of halogens is 3. The average Bonchev–Trinajstić information content (AvgIpc) is 2.27. The van der Waals surface area contributed by atoms with E-state index < -0.39 is 18.5 Å². The highest BCUT2D eigenvalue weighted by molar-refractivity contribution is 5.90. The molecule has 0 bridgehead atoms. The summed E-state index contributed by atoms with van der Waals surface area (Å²) in [5.41, 5.74) is 0.304. The van der Waals surface area contributed by atoms with Crippen LogP contribution in [0.25, 0.3) is 0 Å². The van der Waals surface area contributed by atoms with Gasteiger partial charge in [0.15, 0.2) is 0 Å². The monoisotopic (exact) mass is 272 g/mol. The van der Waals surface area contributed by atoms with Crippen LogP contribution in [0.2, 0.25) is 0 Å². The number of pyridine rings is 1. The lowest BCUT2D eigenvalue weighted by atomic mass is 10.3. The molecule has 102 valence electrons. The van der Waals surface area contributed by atoms with Gasteiger partial charge in [0.05, 0.1) is 6.61 Å². The highest BCUT2D eigenvalue weighted by atomic mass is 19.4. The molecule has 7 heteroatoms. The maximum Gasteiger partial charge on any atom is 0.397 e. The lowest BCUT2D eigenvalue weighted by Gasteiger charge is -2.07. The highest BCUT2D eigenvalue weighted by Crippen LogP contribution is 2.20. The number of hydrogen-bond donors (Lipinski definition) is 2. The van der Waals surface area contributed by atoms with Crippen LogP contribution in [0.4, 0.5) is 19.0 Å². The van der Waals surface area contributed by atoms with Crippen molar-refractivity contribution in [2.24, 2.45) is 0 Å². The second kappa shape index (κ2) is 6.75. The molecule has 0 unspecified atom stereocenters. The van der Waals surface area contributed by atoms with Gasteiger partial charge in [-0.2, -0.15) is 13.2 Å². The molecule has 1 rings (SSSR count). The molecule has 0 aliphatic carbocycles. The van der Waals surface area contributed by atoms with Crippen molar-refractivity contribution >= 4 is 11.7 Å². The Morgan fingerprint density at radius 3 is 2.79 bits per heavy atom. The lowest BCUT2D eigenvalue weighted by Crippen LogP contribution is -2.21. The summed E-state index contributed by atoms with van der Waals surface area (Å²) >= 11 is 0. The van der Waals surface area contributed by atoms with Crippen LogP contribution in [-0.2, 0) is 4.79 Å². The quantitative estimate of drug-likeness (QED) is 0.823. The minimum absolute atomic E-state index is 0.00467. The fraction of sp³-hybridized carbons (Fsp3) is 0.333. The van der Waals surface area contributed by atoms with E-state index in [1.54, 1.807) is 6.07 Å². The largest absolute Gasteiger partial charge is 0.397 e. The van der Waals surface area contributed by atoms with E-state index in [4.69, 9.17) is 5.11 Å². The third-order valence-electron chi connectivity index (χ3n) is 1.83. The van der Waals surface area contributed by atoms with Gasteiger partial charge in [-0.1, -0.05) is 12.0 Å². The Morgan fingerprint density at radius 1 is 1.42 bits per heavy atom. The predicted molar refractivity (Wildman–Crippen MR) is 62.1 cm³/mol. The van der Waals surface area contributed by atoms with Crippen molar-refractivity contribution in [3.05, 3.63) is 23.9 Å². The zero-order valence-electron chi connectivity index (χ0n) is 9.79. The highest BCUT2D eigenvalue weighted by Gasteiger charge is 2.31. The van der Waals surface area contributed by atoms with Crippen molar-refractivity contribution in [1.29, 1.82) is 0 Å². The molecule has 1 aromatic heterocycles. The number of carbonyl (C=O) groups is 1. The van der Waals surface area contributed by atoms with E-state index in [0.717, 1.165) is 0 Å². The molecule has 0 fully saturated rings. The van der Waals surface area contributed by atoms with Crippen LogP contribution in [0.1, 0.15) is 18.5 Å². The summed E-state index contributed by atoms with van der Waals surface area (Å²) in [5.74, 6) is 4.05. The van der Waals surface area contributed by atoms with Crippen LogP contribution in [0.3, 0.4) is 0 Å². The number of amides is 1. The zero-order chi connectivity index (χ0) is 14.3. The third-order valence-corrected chi connectivity index (χ3v) is 1.83. The van der Waals surface area contributed by atoms with Gasteiger partial charge in [0, 0.05) is 6.42 Å². The number of aliphatic hydroxyl groups is 1. The van der Waals surface area contributed by atoms with Gasteiger partial charge in [-0.3, -0.25) is 4.79 Å². The maximum absolute atomic E-state index is 12.0. The van der Waals surface area contributed by atoms with Gasteiger partial charge in [-0.25, -0.2) is 4.98 Å². The number of nitrogens with one attached hydrogen (secondary N) is 1. The van der Waals surface area contributed by atoms with Gasteiger partial charge in [0.25, 0.3) is 0 Å². The fourth-order valence-electron chi connectivity index (χ4n) is 1.15. The molecule has 2 N–H and O–H groups in total. The van der Waals surface area contributed by atoms with Gasteiger partial charge < -0.3 is 10.4 Å². The van der Waals surface area contributed by atoms with Gasteiger partial charge in [0.2, 0.25) is 5.91 Å². The number of alkyl halides is 3. The van der Waals surface area contributed by atoms with E-state index in [-0.39, 0.29) is 18.8 Å².